The fraction of sp³-hybridized carbons (Fsp3) is 0.700. The van der Waals surface area contributed by atoms with Gasteiger partial charge in [0.15, 0.2) is 0 Å². The summed E-state index contributed by atoms with van der Waals surface area (Å²) in [6.07, 6.45) is 5.44. The Balaban J connectivity index is 1.81. The molecule has 5 heteroatoms. The van der Waals surface area contributed by atoms with Gasteiger partial charge in [0.2, 0.25) is 0 Å². The zero-order chi connectivity index (χ0) is 18.0. The molecule has 1 amide bonds. The standard InChI is InChI=1S/C20H31N3O2/c1-15-16(10-11-18(21-15)22-12-7-8-13-22)17-9-5-6-14-23(17)19(24)25-20(2,3)4/h10-11,17H,5-9,12-14H2,1-4H3/t17-/m1/s1. The molecule has 0 aliphatic carbocycles. The van der Waals surface area contributed by atoms with Crippen molar-refractivity contribution >= 4 is 11.9 Å². The molecule has 2 saturated heterocycles. The summed E-state index contributed by atoms with van der Waals surface area (Å²) >= 11 is 0. The van der Waals surface area contributed by atoms with Gasteiger partial charge in [-0.05, 0) is 71.4 Å². The molecule has 5 nitrogen and oxygen atoms in total. The van der Waals surface area contributed by atoms with E-state index < -0.39 is 5.60 Å². The summed E-state index contributed by atoms with van der Waals surface area (Å²) in [5, 5.41) is 0. The second kappa shape index (κ2) is 7.22. The molecule has 3 heterocycles. The van der Waals surface area contributed by atoms with Gasteiger partial charge in [-0.3, -0.25) is 0 Å². The first-order chi connectivity index (χ1) is 11.8. The zero-order valence-corrected chi connectivity index (χ0v) is 16.0. The molecule has 2 fully saturated rings. The highest BCUT2D eigenvalue weighted by molar-refractivity contribution is 5.69. The van der Waals surface area contributed by atoms with Gasteiger partial charge in [-0.1, -0.05) is 6.07 Å². The molecule has 138 valence electrons. The topological polar surface area (TPSA) is 45.7 Å². The molecular formula is C20H31N3O2. The molecule has 1 aromatic heterocycles. The summed E-state index contributed by atoms with van der Waals surface area (Å²) in [5.74, 6) is 1.07. The maximum Gasteiger partial charge on any atom is 0.410 e. The Bertz CT molecular complexity index is 618. The van der Waals surface area contributed by atoms with Crippen LogP contribution in [0.15, 0.2) is 12.1 Å². The Morgan fingerprint density at radius 2 is 1.80 bits per heavy atom. The van der Waals surface area contributed by atoms with Crippen molar-refractivity contribution in [2.45, 2.75) is 71.4 Å². The van der Waals surface area contributed by atoms with Gasteiger partial charge < -0.3 is 14.5 Å². The summed E-state index contributed by atoms with van der Waals surface area (Å²) < 4.78 is 5.63. The van der Waals surface area contributed by atoms with Gasteiger partial charge in [-0.15, -0.1) is 0 Å². The first-order valence-corrected chi connectivity index (χ1v) is 9.57. The van der Waals surface area contributed by atoms with Crippen LogP contribution in [0.4, 0.5) is 10.6 Å². The van der Waals surface area contributed by atoms with Gasteiger partial charge in [-0.25, -0.2) is 9.78 Å². The van der Waals surface area contributed by atoms with Crippen molar-refractivity contribution in [2.24, 2.45) is 0 Å². The third-order valence-electron chi connectivity index (χ3n) is 5.03. The predicted octanol–water partition coefficient (Wildman–Crippen LogP) is 4.45. The molecular weight excluding hydrogens is 314 g/mol. The second-order valence-corrected chi connectivity index (χ2v) is 8.22. The minimum atomic E-state index is -0.466. The Hall–Kier alpha value is -1.78. The zero-order valence-electron chi connectivity index (χ0n) is 16.0. The van der Waals surface area contributed by atoms with Crippen molar-refractivity contribution in [3.05, 3.63) is 23.4 Å². The lowest BCUT2D eigenvalue weighted by Gasteiger charge is -2.37. The van der Waals surface area contributed by atoms with Gasteiger partial charge in [0.05, 0.1) is 6.04 Å². The van der Waals surface area contributed by atoms with Crippen molar-refractivity contribution in [1.82, 2.24) is 9.88 Å². The molecule has 0 saturated carbocycles. The van der Waals surface area contributed by atoms with Crippen LogP contribution in [0, 0.1) is 6.92 Å². The number of hydrogen-bond acceptors (Lipinski definition) is 4. The number of rotatable bonds is 2. The number of nitrogens with zero attached hydrogens (tertiary/aromatic N) is 3. The molecule has 0 spiro atoms. The lowest BCUT2D eigenvalue weighted by atomic mass is 9.94. The van der Waals surface area contributed by atoms with E-state index >= 15 is 0 Å². The highest BCUT2D eigenvalue weighted by Crippen LogP contribution is 2.34. The number of piperidine rings is 1. The fourth-order valence-corrected chi connectivity index (χ4v) is 3.83. The van der Waals surface area contributed by atoms with Crippen LogP contribution in [0.1, 0.15) is 70.2 Å². The summed E-state index contributed by atoms with van der Waals surface area (Å²) in [7, 11) is 0. The second-order valence-electron chi connectivity index (χ2n) is 8.22. The lowest BCUT2D eigenvalue weighted by molar-refractivity contribution is 0.00942. The Morgan fingerprint density at radius 3 is 2.44 bits per heavy atom. The molecule has 2 aliphatic rings. The largest absolute Gasteiger partial charge is 0.444 e. The van der Waals surface area contributed by atoms with Crippen molar-refractivity contribution < 1.29 is 9.53 Å². The average molecular weight is 345 g/mol. The van der Waals surface area contributed by atoms with Gasteiger partial charge in [0, 0.05) is 25.3 Å². The molecule has 3 rings (SSSR count). The van der Waals surface area contributed by atoms with Crippen LogP contribution in [-0.2, 0) is 4.74 Å². The quantitative estimate of drug-likeness (QED) is 0.794. The smallest absolute Gasteiger partial charge is 0.410 e. The molecule has 25 heavy (non-hydrogen) atoms. The van der Waals surface area contributed by atoms with E-state index in [0.717, 1.165) is 56.0 Å². The van der Waals surface area contributed by atoms with Gasteiger partial charge in [0.25, 0.3) is 0 Å². The maximum absolute atomic E-state index is 12.7. The number of likely N-dealkylation sites (tertiary alicyclic amines) is 1. The predicted molar refractivity (Wildman–Crippen MR) is 100.0 cm³/mol. The van der Waals surface area contributed by atoms with E-state index in [-0.39, 0.29) is 12.1 Å². The van der Waals surface area contributed by atoms with Crippen LogP contribution >= 0.6 is 0 Å². The molecule has 1 aromatic rings. The van der Waals surface area contributed by atoms with Crippen LogP contribution < -0.4 is 4.90 Å². The van der Waals surface area contributed by atoms with Crippen LogP contribution in [-0.4, -0.2) is 41.2 Å². The highest BCUT2D eigenvalue weighted by atomic mass is 16.6. The molecule has 0 radical (unpaired) electrons. The Morgan fingerprint density at radius 1 is 1.12 bits per heavy atom. The number of carbonyl (C=O) groups excluding carboxylic acids is 1. The minimum absolute atomic E-state index is 0.0729. The van der Waals surface area contributed by atoms with E-state index in [1.807, 2.05) is 25.7 Å². The maximum atomic E-state index is 12.7. The summed E-state index contributed by atoms with van der Waals surface area (Å²) in [4.78, 5) is 21.8. The first-order valence-electron chi connectivity index (χ1n) is 9.57. The third-order valence-corrected chi connectivity index (χ3v) is 5.03. The third kappa shape index (κ3) is 4.25. The van der Waals surface area contributed by atoms with E-state index in [2.05, 4.69) is 24.0 Å². The van der Waals surface area contributed by atoms with E-state index in [1.54, 1.807) is 0 Å². The summed E-state index contributed by atoms with van der Waals surface area (Å²) in [6, 6.07) is 4.36. The molecule has 0 N–H and O–H groups in total. The van der Waals surface area contributed by atoms with Gasteiger partial charge in [0.1, 0.15) is 11.4 Å². The van der Waals surface area contributed by atoms with Crippen LogP contribution in [0.25, 0.3) is 0 Å². The van der Waals surface area contributed by atoms with E-state index in [4.69, 9.17) is 9.72 Å². The van der Waals surface area contributed by atoms with Crippen molar-refractivity contribution in [3.63, 3.8) is 0 Å². The number of anilines is 1. The molecule has 2 aliphatic heterocycles. The van der Waals surface area contributed by atoms with E-state index in [0.29, 0.717) is 0 Å². The van der Waals surface area contributed by atoms with E-state index in [1.165, 1.54) is 12.8 Å². The Labute approximate surface area is 151 Å². The number of aromatic nitrogens is 1. The molecule has 1 atom stereocenters. The van der Waals surface area contributed by atoms with Crippen molar-refractivity contribution in [1.29, 1.82) is 0 Å². The monoisotopic (exact) mass is 345 g/mol. The summed E-state index contributed by atoms with van der Waals surface area (Å²) in [6.45, 7) is 10.8. The SMILES string of the molecule is Cc1nc(N2CCCC2)ccc1[C@H]1CCCCN1C(=O)OC(C)(C)C. The number of hydrogen-bond donors (Lipinski definition) is 0. The van der Waals surface area contributed by atoms with Gasteiger partial charge in [-0.2, -0.15) is 0 Å². The molecule has 0 aromatic carbocycles. The van der Waals surface area contributed by atoms with Crippen LogP contribution in [0.3, 0.4) is 0 Å². The average Bonchev–Trinajstić information content (AvgIpc) is 3.07. The molecule has 0 bridgehead atoms. The number of amides is 1. The number of ether oxygens (including phenoxy) is 1. The van der Waals surface area contributed by atoms with Gasteiger partial charge >= 0.3 is 6.09 Å². The Kier molecular flexibility index (Phi) is 5.21. The minimum Gasteiger partial charge on any atom is -0.444 e. The molecule has 0 unspecified atom stereocenters. The summed E-state index contributed by atoms with van der Waals surface area (Å²) in [5.41, 5.74) is 1.73. The number of aryl methyl sites for hydroxylation is 1. The highest BCUT2D eigenvalue weighted by Gasteiger charge is 2.32. The first kappa shape index (κ1) is 18.0. The normalized spacial score (nSPS) is 21.5. The lowest BCUT2D eigenvalue weighted by Crippen LogP contribution is -2.42. The van der Waals surface area contributed by atoms with Crippen molar-refractivity contribution in [2.75, 3.05) is 24.5 Å². The van der Waals surface area contributed by atoms with E-state index in [9.17, 15) is 4.79 Å². The number of carbonyl (C=O) groups is 1. The fourth-order valence-electron chi connectivity index (χ4n) is 3.83. The van der Waals surface area contributed by atoms with Crippen LogP contribution in [0.5, 0.6) is 0 Å². The van der Waals surface area contributed by atoms with Crippen molar-refractivity contribution in [3.8, 4) is 0 Å². The number of pyridine rings is 1. The van der Waals surface area contributed by atoms with Crippen LogP contribution in [0.2, 0.25) is 0 Å².